The summed E-state index contributed by atoms with van der Waals surface area (Å²) >= 11 is 0. The second-order valence-corrected chi connectivity index (χ2v) is 7.88. The SMILES string of the molecule is CN=C(NCc1cccc(Cn2cncn2)c1)NCC1(C(=O)N(C)C)CCCC1.I. The summed E-state index contributed by atoms with van der Waals surface area (Å²) in [6.07, 6.45) is 7.32. The summed E-state index contributed by atoms with van der Waals surface area (Å²) in [5.41, 5.74) is 2.00. The van der Waals surface area contributed by atoms with Crippen molar-refractivity contribution in [2.24, 2.45) is 10.4 Å². The molecule has 3 rings (SSSR count). The van der Waals surface area contributed by atoms with E-state index in [9.17, 15) is 4.79 Å². The van der Waals surface area contributed by atoms with Gasteiger partial charge in [-0.25, -0.2) is 9.67 Å². The first-order valence-electron chi connectivity index (χ1n) is 10.1. The van der Waals surface area contributed by atoms with Crippen LogP contribution in [0.3, 0.4) is 0 Å². The maximum Gasteiger partial charge on any atom is 0.230 e. The van der Waals surface area contributed by atoms with Crippen molar-refractivity contribution in [2.75, 3.05) is 27.7 Å². The van der Waals surface area contributed by atoms with E-state index in [4.69, 9.17) is 0 Å². The van der Waals surface area contributed by atoms with Crippen molar-refractivity contribution >= 4 is 35.8 Å². The molecule has 1 aliphatic rings. The van der Waals surface area contributed by atoms with Crippen molar-refractivity contribution in [3.8, 4) is 0 Å². The number of guanidine groups is 1. The van der Waals surface area contributed by atoms with Crippen molar-refractivity contribution in [3.05, 3.63) is 48.0 Å². The number of rotatable bonds is 7. The highest BCUT2D eigenvalue weighted by Gasteiger charge is 2.42. The van der Waals surface area contributed by atoms with Crippen LogP contribution < -0.4 is 10.6 Å². The molecule has 1 heterocycles. The average molecular weight is 525 g/mol. The number of nitrogens with zero attached hydrogens (tertiary/aromatic N) is 5. The van der Waals surface area contributed by atoms with Crippen molar-refractivity contribution in [1.29, 1.82) is 0 Å². The number of aromatic nitrogens is 3. The standard InChI is InChI=1S/C21H31N7O.HI/c1-22-20(25-14-21(9-4-5-10-21)19(29)27(2)3)24-12-17-7-6-8-18(11-17)13-28-16-23-15-26-28;/h6-8,11,15-16H,4-5,9-10,12-14H2,1-3H3,(H2,22,24,25);1H. The molecule has 1 saturated carbocycles. The number of benzene rings is 1. The Kier molecular flexibility index (Phi) is 9.07. The zero-order valence-electron chi connectivity index (χ0n) is 18.0. The smallest absolute Gasteiger partial charge is 0.230 e. The number of halogens is 1. The predicted molar refractivity (Wildman–Crippen MR) is 129 cm³/mol. The normalized spacial score (nSPS) is 15.4. The minimum absolute atomic E-state index is 0. The fraction of sp³-hybridized carbons (Fsp3) is 0.524. The van der Waals surface area contributed by atoms with Gasteiger partial charge in [0.15, 0.2) is 5.96 Å². The first-order chi connectivity index (χ1) is 14.0. The highest BCUT2D eigenvalue weighted by molar-refractivity contribution is 14.0. The fourth-order valence-corrected chi connectivity index (χ4v) is 3.99. The van der Waals surface area contributed by atoms with E-state index in [-0.39, 0.29) is 35.3 Å². The van der Waals surface area contributed by atoms with Crippen LogP contribution in [-0.4, -0.2) is 59.2 Å². The molecule has 0 aliphatic heterocycles. The van der Waals surface area contributed by atoms with Crippen LogP contribution in [0.1, 0.15) is 36.8 Å². The van der Waals surface area contributed by atoms with Gasteiger partial charge in [0.2, 0.25) is 5.91 Å². The molecule has 8 nitrogen and oxygen atoms in total. The third-order valence-corrected chi connectivity index (χ3v) is 5.50. The van der Waals surface area contributed by atoms with E-state index in [1.807, 2.05) is 20.2 Å². The van der Waals surface area contributed by atoms with Crippen molar-refractivity contribution < 1.29 is 4.79 Å². The maximum absolute atomic E-state index is 12.7. The van der Waals surface area contributed by atoms with Crippen LogP contribution in [0.2, 0.25) is 0 Å². The van der Waals surface area contributed by atoms with Gasteiger partial charge in [0, 0.05) is 34.2 Å². The Bertz CT molecular complexity index is 830. The number of amides is 1. The monoisotopic (exact) mass is 525 g/mol. The van der Waals surface area contributed by atoms with E-state index in [0.29, 0.717) is 25.6 Å². The molecule has 1 aromatic heterocycles. The molecule has 30 heavy (non-hydrogen) atoms. The van der Waals surface area contributed by atoms with Crippen molar-refractivity contribution in [3.63, 3.8) is 0 Å². The summed E-state index contributed by atoms with van der Waals surface area (Å²) in [5, 5.41) is 10.9. The lowest BCUT2D eigenvalue weighted by atomic mass is 9.84. The van der Waals surface area contributed by atoms with Gasteiger partial charge in [0.1, 0.15) is 12.7 Å². The highest BCUT2D eigenvalue weighted by Crippen LogP contribution is 2.38. The fourth-order valence-electron chi connectivity index (χ4n) is 3.99. The van der Waals surface area contributed by atoms with E-state index in [1.54, 1.807) is 29.3 Å². The largest absolute Gasteiger partial charge is 0.355 e. The molecule has 164 valence electrons. The van der Waals surface area contributed by atoms with Gasteiger partial charge in [0.05, 0.1) is 12.0 Å². The van der Waals surface area contributed by atoms with Gasteiger partial charge in [-0.2, -0.15) is 5.10 Å². The Morgan fingerprint density at radius 1 is 1.23 bits per heavy atom. The lowest BCUT2D eigenvalue weighted by Crippen LogP contribution is -2.49. The second kappa shape index (κ2) is 11.3. The number of carbonyl (C=O) groups excluding carboxylic acids is 1. The zero-order chi connectivity index (χ0) is 20.7. The Hall–Kier alpha value is -2.17. The summed E-state index contributed by atoms with van der Waals surface area (Å²) in [6.45, 7) is 1.95. The third kappa shape index (κ3) is 6.16. The molecule has 1 aliphatic carbocycles. The molecule has 0 spiro atoms. The Labute approximate surface area is 195 Å². The number of hydrogen-bond acceptors (Lipinski definition) is 4. The Morgan fingerprint density at radius 2 is 1.97 bits per heavy atom. The van der Waals surface area contributed by atoms with Crippen LogP contribution in [0.5, 0.6) is 0 Å². The summed E-state index contributed by atoms with van der Waals surface area (Å²) < 4.78 is 1.80. The van der Waals surface area contributed by atoms with Gasteiger partial charge >= 0.3 is 0 Å². The molecule has 1 aromatic carbocycles. The maximum atomic E-state index is 12.7. The van der Waals surface area contributed by atoms with Crippen LogP contribution in [0, 0.1) is 5.41 Å². The molecular weight excluding hydrogens is 493 g/mol. The van der Waals surface area contributed by atoms with Gasteiger partial charge in [-0.15, -0.1) is 24.0 Å². The summed E-state index contributed by atoms with van der Waals surface area (Å²) in [4.78, 5) is 22.8. The van der Waals surface area contributed by atoms with E-state index < -0.39 is 0 Å². The van der Waals surface area contributed by atoms with E-state index in [2.05, 4.69) is 43.9 Å². The second-order valence-electron chi connectivity index (χ2n) is 7.88. The van der Waals surface area contributed by atoms with Crippen LogP contribution in [-0.2, 0) is 17.9 Å². The first-order valence-corrected chi connectivity index (χ1v) is 10.1. The number of carbonyl (C=O) groups is 1. The molecule has 1 fully saturated rings. The molecular formula is C21H32IN7O. The van der Waals surface area contributed by atoms with Crippen molar-refractivity contribution in [1.82, 2.24) is 30.3 Å². The molecule has 0 unspecified atom stereocenters. The van der Waals surface area contributed by atoms with Gasteiger partial charge in [-0.1, -0.05) is 37.1 Å². The molecule has 0 saturated heterocycles. The van der Waals surface area contributed by atoms with E-state index in [1.165, 1.54) is 5.56 Å². The molecule has 1 amide bonds. The van der Waals surface area contributed by atoms with Gasteiger partial charge in [0.25, 0.3) is 0 Å². The molecule has 9 heteroatoms. The minimum Gasteiger partial charge on any atom is -0.355 e. The van der Waals surface area contributed by atoms with Crippen LogP contribution in [0.15, 0.2) is 41.9 Å². The molecule has 2 aromatic rings. The first kappa shape index (κ1) is 24.1. The van der Waals surface area contributed by atoms with Crippen LogP contribution in [0.25, 0.3) is 0 Å². The quantitative estimate of drug-likeness (QED) is 0.329. The highest BCUT2D eigenvalue weighted by atomic mass is 127. The summed E-state index contributed by atoms with van der Waals surface area (Å²) in [5.74, 6) is 0.920. The number of nitrogens with one attached hydrogen (secondary N) is 2. The minimum atomic E-state index is -0.321. The lowest BCUT2D eigenvalue weighted by Gasteiger charge is -2.31. The number of hydrogen-bond donors (Lipinski definition) is 2. The third-order valence-electron chi connectivity index (χ3n) is 5.50. The average Bonchev–Trinajstić information content (AvgIpc) is 3.40. The van der Waals surface area contributed by atoms with Crippen LogP contribution in [0.4, 0.5) is 0 Å². The molecule has 0 radical (unpaired) electrons. The molecule has 0 atom stereocenters. The number of aliphatic imine (C=N–C) groups is 1. The molecule has 2 N–H and O–H groups in total. The van der Waals surface area contributed by atoms with E-state index in [0.717, 1.165) is 31.2 Å². The van der Waals surface area contributed by atoms with Gasteiger partial charge < -0.3 is 15.5 Å². The van der Waals surface area contributed by atoms with Gasteiger partial charge in [-0.3, -0.25) is 9.79 Å². The van der Waals surface area contributed by atoms with Crippen molar-refractivity contribution in [2.45, 2.75) is 38.8 Å². The van der Waals surface area contributed by atoms with Crippen LogP contribution >= 0.6 is 24.0 Å². The lowest BCUT2D eigenvalue weighted by molar-refractivity contribution is -0.138. The van der Waals surface area contributed by atoms with E-state index >= 15 is 0 Å². The summed E-state index contributed by atoms with van der Waals surface area (Å²) in [6, 6.07) is 8.35. The Morgan fingerprint density at radius 3 is 2.60 bits per heavy atom. The predicted octanol–water partition coefficient (Wildman–Crippen LogP) is 2.26. The Balaban J connectivity index is 0.00000320. The topological polar surface area (TPSA) is 87.4 Å². The molecule has 0 bridgehead atoms. The summed E-state index contributed by atoms with van der Waals surface area (Å²) in [7, 11) is 5.43. The van der Waals surface area contributed by atoms with Gasteiger partial charge in [-0.05, 0) is 24.0 Å². The zero-order valence-corrected chi connectivity index (χ0v) is 20.3.